The minimum atomic E-state index is -0.956. The lowest BCUT2D eigenvalue weighted by Crippen LogP contribution is -2.13. The van der Waals surface area contributed by atoms with Crippen molar-refractivity contribution < 1.29 is 19.4 Å². The van der Waals surface area contributed by atoms with Crippen LogP contribution in [0.2, 0.25) is 0 Å². The smallest absolute Gasteiger partial charge is 0.328 e. The van der Waals surface area contributed by atoms with Crippen LogP contribution in [-0.4, -0.2) is 30.4 Å². The van der Waals surface area contributed by atoms with Gasteiger partial charge in [0, 0.05) is 6.08 Å². The summed E-state index contributed by atoms with van der Waals surface area (Å²) in [6.07, 6.45) is 3.89. The van der Waals surface area contributed by atoms with Gasteiger partial charge in [0.1, 0.15) is 12.4 Å². The van der Waals surface area contributed by atoms with Crippen LogP contribution in [0.25, 0.3) is 6.08 Å². The molecular formula is C15H20O4. The van der Waals surface area contributed by atoms with Crippen LogP contribution in [-0.2, 0) is 9.53 Å². The van der Waals surface area contributed by atoms with Gasteiger partial charge < -0.3 is 14.6 Å². The van der Waals surface area contributed by atoms with E-state index < -0.39 is 5.97 Å². The van der Waals surface area contributed by atoms with Crippen molar-refractivity contribution in [3.8, 4) is 5.75 Å². The Labute approximate surface area is 113 Å². The SMILES string of the molecule is CCC(C)OCCOc1ccc(/C=C/C(=O)O)cc1. The average molecular weight is 264 g/mol. The number of carboxylic acids is 1. The Morgan fingerprint density at radius 2 is 2.00 bits per heavy atom. The second-order valence-corrected chi connectivity index (χ2v) is 4.18. The predicted octanol–water partition coefficient (Wildman–Crippen LogP) is 2.98. The van der Waals surface area contributed by atoms with Crippen molar-refractivity contribution in [2.45, 2.75) is 26.4 Å². The van der Waals surface area contributed by atoms with E-state index in [2.05, 4.69) is 6.92 Å². The molecule has 0 heterocycles. The molecular weight excluding hydrogens is 244 g/mol. The standard InChI is InChI=1S/C15H20O4/c1-3-12(2)18-10-11-19-14-7-4-13(5-8-14)6-9-15(16)17/h4-9,12H,3,10-11H2,1-2H3,(H,16,17)/b9-6+. The fraction of sp³-hybridized carbons (Fsp3) is 0.400. The van der Waals surface area contributed by atoms with Crippen molar-refractivity contribution in [1.82, 2.24) is 0 Å². The first-order valence-corrected chi connectivity index (χ1v) is 6.37. The van der Waals surface area contributed by atoms with Crippen molar-refractivity contribution in [2.75, 3.05) is 13.2 Å². The maximum atomic E-state index is 10.4. The van der Waals surface area contributed by atoms with Gasteiger partial charge in [-0.2, -0.15) is 0 Å². The summed E-state index contributed by atoms with van der Waals surface area (Å²) in [4.78, 5) is 10.4. The van der Waals surface area contributed by atoms with Crippen LogP contribution in [0, 0.1) is 0 Å². The van der Waals surface area contributed by atoms with Gasteiger partial charge in [0.15, 0.2) is 0 Å². The Kier molecular flexibility index (Phi) is 6.68. The lowest BCUT2D eigenvalue weighted by molar-refractivity contribution is -0.131. The molecule has 4 nitrogen and oxygen atoms in total. The van der Waals surface area contributed by atoms with Crippen LogP contribution in [0.4, 0.5) is 0 Å². The Morgan fingerprint density at radius 1 is 1.32 bits per heavy atom. The van der Waals surface area contributed by atoms with Crippen LogP contribution >= 0.6 is 0 Å². The number of rotatable bonds is 8. The maximum Gasteiger partial charge on any atom is 0.328 e. The van der Waals surface area contributed by atoms with Crippen LogP contribution in [0.15, 0.2) is 30.3 Å². The zero-order valence-corrected chi connectivity index (χ0v) is 11.3. The van der Waals surface area contributed by atoms with Gasteiger partial charge in [-0.05, 0) is 37.1 Å². The molecule has 0 aromatic heterocycles. The largest absolute Gasteiger partial charge is 0.491 e. The van der Waals surface area contributed by atoms with Crippen molar-refractivity contribution in [2.24, 2.45) is 0 Å². The molecule has 19 heavy (non-hydrogen) atoms. The van der Waals surface area contributed by atoms with E-state index in [0.29, 0.717) is 13.2 Å². The lowest BCUT2D eigenvalue weighted by Gasteiger charge is -2.11. The number of benzene rings is 1. The predicted molar refractivity (Wildman–Crippen MR) is 74.3 cm³/mol. The summed E-state index contributed by atoms with van der Waals surface area (Å²) >= 11 is 0. The van der Waals surface area contributed by atoms with Crippen molar-refractivity contribution >= 4 is 12.0 Å². The molecule has 1 rings (SSSR count). The molecule has 4 heteroatoms. The average Bonchev–Trinajstić information content (AvgIpc) is 2.42. The van der Waals surface area contributed by atoms with E-state index in [1.807, 2.05) is 31.2 Å². The van der Waals surface area contributed by atoms with Crippen LogP contribution in [0.3, 0.4) is 0 Å². The van der Waals surface area contributed by atoms with E-state index in [9.17, 15) is 4.79 Å². The van der Waals surface area contributed by atoms with E-state index in [4.69, 9.17) is 14.6 Å². The zero-order chi connectivity index (χ0) is 14.1. The van der Waals surface area contributed by atoms with E-state index >= 15 is 0 Å². The minimum absolute atomic E-state index is 0.257. The molecule has 1 unspecified atom stereocenters. The van der Waals surface area contributed by atoms with Gasteiger partial charge >= 0.3 is 5.97 Å². The lowest BCUT2D eigenvalue weighted by atomic mass is 10.2. The number of hydrogen-bond acceptors (Lipinski definition) is 3. The monoisotopic (exact) mass is 264 g/mol. The molecule has 1 aromatic rings. The maximum absolute atomic E-state index is 10.4. The fourth-order valence-corrected chi connectivity index (χ4v) is 1.37. The van der Waals surface area contributed by atoms with Crippen molar-refractivity contribution in [1.29, 1.82) is 0 Å². The van der Waals surface area contributed by atoms with Crippen molar-refractivity contribution in [3.63, 3.8) is 0 Å². The summed E-state index contributed by atoms with van der Waals surface area (Å²) in [5.41, 5.74) is 0.825. The van der Waals surface area contributed by atoms with Gasteiger partial charge in [-0.1, -0.05) is 19.1 Å². The molecule has 0 amide bonds. The second-order valence-electron chi connectivity index (χ2n) is 4.18. The summed E-state index contributed by atoms with van der Waals surface area (Å²) in [6.45, 7) is 5.18. The second kappa shape index (κ2) is 8.32. The minimum Gasteiger partial charge on any atom is -0.491 e. The molecule has 0 saturated heterocycles. The first-order chi connectivity index (χ1) is 9.11. The number of carbonyl (C=O) groups is 1. The normalized spacial score (nSPS) is 12.5. The van der Waals surface area contributed by atoms with Gasteiger partial charge in [0.05, 0.1) is 12.7 Å². The van der Waals surface area contributed by atoms with Crippen molar-refractivity contribution in [3.05, 3.63) is 35.9 Å². The van der Waals surface area contributed by atoms with Gasteiger partial charge in [0.25, 0.3) is 0 Å². The molecule has 104 valence electrons. The van der Waals surface area contributed by atoms with Gasteiger partial charge in [-0.25, -0.2) is 4.79 Å². The Bertz CT molecular complexity index is 409. The summed E-state index contributed by atoms with van der Waals surface area (Å²) in [7, 11) is 0. The molecule has 0 aliphatic carbocycles. The third-order valence-corrected chi connectivity index (χ3v) is 2.63. The first-order valence-electron chi connectivity index (χ1n) is 6.37. The highest BCUT2D eigenvalue weighted by Crippen LogP contribution is 2.13. The summed E-state index contributed by atoms with van der Waals surface area (Å²) in [5, 5.41) is 8.51. The zero-order valence-electron chi connectivity index (χ0n) is 11.3. The van der Waals surface area contributed by atoms with Gasteiger partial charge in [0.2, 0.25) is 0 Å². The molecule has 0 radical (unpaired) electrons. The van der Waals surface area contributed by atoms with Gasteiger partial charge in [-0.3, -0.25) is 0 Å². The molecule has 1 N–H and O–H groups in total. The molecule has 0 saturated carbocycles. The molecule has 1 aromatic carbocycles. The Morgan fingerprint density at radius 3 is 2.58 bits per heavy atom. The van der Waals surface area contributed by atoms with E-state index in [-0.39, 0.29) is 6.10 Å². The number of aliphatic carboxylic acids is 1. The topological polar surface area (TPSA) is 55.8 Å². The fourth-order valence-electron chi connectivity index (χ4n) is 1.37. The Balaban J connectivity index is 2.34. The van der Waals surface area contributed by atoms with Crippen LogP contribution in [0.1, 0.15) is 25.8 Å². The highest BCUT2D eigenvalue weighted by Gasteiger charge is 1.98. The highest BCUT2D eigenvalue weighted by atomic mass is 16.5. The van der Waals surface area contributed by atoms with E-state index in [1.54, 1.807) is 0 Å². The molecule has 0 aliphatic heterocycles. The number of ether oxygens (including phenoxy) is 2. The third-order valence-electron chi connectivity index (χ3n) is 2.63. The molecule has 0 fully saturated rings. The molecule has 0 bridgehead atoms. The quantitative estimate of drug-likeness (QED) is 0.579. The summed E-state index contributed by atoms with van der Waals surface area (Å²) < 4.78 is 11.0. The Hall–Kier alpha value is -1.81. The third kappa shape index (κ3) is 6.62. The van der Waals surface area contributed by atoms with Gasteiger partial charge in [-0.15, -0.1) is 0 Å². The highest BCUT2D eigenvalue weighted by molar-refractivity contribution is 5.85. The summed E-state index contributed by atoms with van der Waals surface area (Å²) in [6, 6.07) is 7.24. The first kappa shape index (κ1) is 15.2. The van der Waals surface area contributed by atoms with Crippen LogP contribution in [0.5, 0.6) is 5.75 Å². The van der Waals surface area contributed by atoms with E-state index in [1.165, 1.54) is 6.08 Å². The molecule has 0 aliphatic rings. The van der Waals surface area contributed by atoms with Crippen LogP contribution < -0.4 is 4.74 Å². The number of hydrogen-bond donors (Lipinski definition) is 1. The van der Waals surface area contributed by atoms with E-state index in [0.717, 1.165) is 23.8 Å². The summed E-state index contributed by atoms with van der Waals surface area (Å²) in [5.74, 6) is -0.206. The number of carboxylic acid groups (broad SMARTS) is 1. The molecule has 0 spiro atoms. The molecule has 1 atom stereocenters.